The van der Waals surface area contributed by atoms with Gasteiger partial charge in [-0.05, 0) is 30.2 Å². The molecule has 0 saturated carbocycles. The van der Waals surface area contributed by atoms with Crippen molar-refractivity contribution in [2.75, 3.05) is 0 Å². The zero-order valence-electron chi connectivity index (χ0n) is 11.2. The van der Waals surface area contributed by atoms with Gasteiger partial charge in [-0.2, -0.15) is 0 Å². The largest absolute Gasteiger partial charge is 0.348 e. The first kappa shape index (κ1) is 15.0. The molecule has 1 unspecified atom stereocenters. The van der Waals surface area contributed by atoms with Crippen LogP contribution in [0.25, 0.3) is 0 Å². The van der Waals surface area contributed by atoms with Gasteiger partial charge in [-0.25, -0.2) is 0 Å². The van der Waals surface area contributed by atoms with Gasteiger partial charge in [0.1, 0.15) is 0 Å². The van der Waals surface area contributed by atoms with Gasteiger partial charge in [-0.15, -0.1) is 11.3 Å². The Bertz CT molecular complexity index is 597. The Morgan fingerprint density at radius 1 is 1.30 bits per heavy atom. The van der Waals surface area contributed by atoms with Crippen LogP contribution in [0.2, 0.25) is 4.34 Å². The molecule has 1 aromatic carbocycles. The van der Waals surface area contributed by atoms with E-state index in [4.69, 9.17) is 17.3 Å². The molecule has 3 N–H and O–H groups in total. The highest BCUT2D eigenvalue weighted by Gasteiger charge is 2.13. The van der Waals surface area contributed by atoms with E-state index in [0.29, 0.717) is 13.0 Å². The third kappa shape index (κ3) is 3.82. The van der Waals surface area contributed by atoms with Crippen molar-refractivity contribution in [1.29, 1.82) is 0 Å². The third-order valence-corrected chi connectivity index (χ3v) is 4.50. The highest BCUT2D eigenvalue weighted by Crippen LogP contribution is 2.26. The highest BCUT2D eigenvalue weighted by atomic mass is 35.5. The second kappa shape index (κ2) is 6.88. The number of amides is 1. The lowest BCUT2D eigenvalue weighted by atomic mass is 10.0. The molecule has 0 bridgehead atoms. The second-order valence-electron chi connectivity index (χ2n) is 4.58. The van der Waals surface area contributed by atoms with Crippen LogP contribution in [0.5, 0.6) is 0 Å². The molecule has 1 aromatic heterocycles. The average Bonchev–Trinajstić information content (AvgIpc) is 2.86. The first-order chi connectivity index (χ1) is 9.60. The summed E-state index contributed by atoms with van der Waals surface area (Å²) < 4.78 is 0.731. The minimum atomic E-state index is -0.0370. The molecule has 2 aromatic rings. The summed E-state index contributed by atoms with van der Waals surface area (Å²) in [6, 6.07) is 11.5. The molecule has 0 radical (unpaired) electrons. The second-order valence-corrected chi connectivity index (χ2v) is 6.33. The SMILES string of the molecule is CC(NC(=O)Cc1ccccc1CN)c1ccc(Cl)s1. The molecule has 0 fully saturated rings. The van der Waals surface area contributed by atoms with Gasteiger partial charge in [0.05, 0.1) is 16.8 Å². The maximum atomic E-state index is 12.1. The minimum absolute atomic E-state index is 0.0112. The van der Waals surface area contributed by atoms with E-state index in [2.05, 4.69) is 5.32 Å². The molecule has 2 rings (SSSR count). The Morgan fingerprint density at radius 2 is 2.00 bits per heavy atom. The summed E-state index contributed by atoms with van der Waals surface area (Å²) in [5.74, 6) is -0.0112. The number of halogens is 1. The van der Waals surface area contributed by atoms with Gasteiger partial charge >= 0.3 is 0 Å². The number of carbonyl (C=O) groups excluding carboxylic acids is 1. The smallest absolute Gasteiger partial charge is 0.224 e. The molecular weight excluding hydrogens is 292 g/mol. The van der Waals surface area contributed by atoms with Crippen LogP contribution in [0.3, 0.4) is 0 Å². The summed E-state index contributed by atoms with van der Waals surface area (Å²) in [7, 11) is 0. The number of thiophene rings is 1. The predicted molar refractivity (Wildman–Crippen MR) is 83.9 cm³/mol. The zero-order valence-corrected chi connectivity index (χ0v) is 12.8. The van der Waals surface area contributed by atoms with Crippen LogP contribution >= 0.6 is 22.9 Å². The van der Waals surface area contributed by atoms with E-state index in [1.807, 2.05) is 43.3 Å². The van der Waals surface area contributed by atoms with Gasteiger partial charge in [0.25, 0.3) is 0 Å². The predicted octanol–water partition coefficient (Wildman–Crippen LogP) is 3.28. The van der Waals surface area contributed by atoms with E-state index in [0.717, 1.165) is 20.3 Å². The molecule has 0 aliphatic rings. The van der Waals surface area contributed by atoms with Crippen molar-refractivity contribution in [3.8, 4) is 0 Å². The first-order valence-electron chi connectivity index (χ1n) is 6.41. The summed E-state index contributed by atoms with van der Waals surface area (Å²) in [6.07, 6.45) is 0.344. The molecule has 0 aliphatic heterocycles. The first-order valence-corrected chi connectivity index (χ1v) is 7.61. The van der Waals surface area contributed by atoms with Gasteiger partial charge in [0, 0.05) is 11.4 Å². The lowest BCUT2D eigenvalue weighted by Crippen LogP contribution is -2.28. The van der Waals surface area contributed by atoms with Crippen LogP contribution in [0.15, 0.2) is 36.4 Å². The Morgan fingerprint density at radius 3 is 2.60 bits per heavy atom. The van der Waals surface area contributed by atoms with E-state index >= 15 is 0 Å². The number of rotatable bonds is 5. The normalized spacial score (nSPS) is 12.2. The molecule has 1 amide bonds. The minimum Gasteiger partial charge on any atom is -0.348 e. The molecule has 0 saturated heterocycles. The highest BCUT2D eigenvalue weighted by molar-refractivity contribution is 7.16. The molecule has 106 valence electrons. The van der Waals surface area contributed by atoms with Gasteiger partial charge in [0.2, 0.25) is 5.91 Å². The monoisotopic (exact) mass is 308 g/mol. The molecule has 1 atom stereocenters. The molecule has 20 heavy (non-hydrogen) atoms. The topological polar surface area (TPSA) is 55.1 Å². The fourth-order valence-electron chi connectivity index (χ4n) is 2.03. The Labute approximate surface area is 127 Å². The quantitative estimate of drug-likeness (QED) is 0.890. The van der Waals surface area contributed by atoms with Crippen molar-refractivity contribution >= 4 is 28.8 Å². The van der Waals surface area contributed by atoms with Crippen molar-refractivity contribution in [3.05, 3.63) is 56.7 Å². The number of nitrogens with two attached hydrogens (primary N) is 1. The van der Waals surface area contributed by atoms with Crippen LogP contribution in [-0.4, -0.2) is 5.91 Å². The third-order valence-electron chi connectivity index (χ3n) is 3.09. The number of carbonyl (C=O) groups is 1. The number of hydrogen-bond acceptors (Lipinski definition) is 3. The summed E-state index contributed by atoms with van der Waals surface area (Å²) in [5.41, 5.74) is 7.66. The summed E-state index contributed by atoms with van der Waals surface area (Å²) in [6.45, 7) is 2.40. The lowest BCUT2D eigenvalue weighted by molar-refractivity contribution is -0.121. The summed E-state index contributed by atoms with van der Waals surface area (Å²) in [4.78, 5) is 13.1. The standard InChI is InChI=1S/C15H17ClN2OS/c1-10(13-6-7-14(16)20-13)18-15(19)8-11-4-2-3-5-12(11)9-17/h2-7,10H,8-9,17H2,1H3,(H,18,19). The van der Waals surface area contributed by atoms with E-state index in [9.17, 15) is 4.79 Å². The number of benzene rings is 1. The molecule has 0 spiro atoms. The molecule has 1 heterocycles. The van der Waals surface area contributed by atoms with Crippen LogP contribution in [-0.2, 0) is 17.8 Å². The zero-order chi connectivity index (χ0) is 14.5. The molecular formula is C15H17ClN2OS. The average molecular weight is 309 g/mol. The van der Waals surface area contributed by atoms with Gasteiger partial charge < -0.3 is 11.1 Å². The van der Waals surface area contributed by atoms with Crippen LogP contribution < -0.4 is 11.1 Å². The summed E-state index contributed by atoms with van der Waals surface area (Å²) >= 11 is 7.38. The van der Waals surface area contributed by atoms with Gasteiger partial charge in [0.15, 0.2) is 0 Å². The van der Waals surface area contributed by atoms with Crippen molar-refractivity contribution in [2.24, 2.45) is 5.73 Å². The fraction of sp³-hybridized carbons (Fsp3) is 0.267. The van der Waals surface area contributed by atoms with Gasteiger partial charge in [-0.1, -0.05) is 35.9 Å². The van der Waals surface area contributed by atoms with E-state index < -0.39 is 0 Å². The Hall–Kier alpha value is -1.36. The maximum absolute atomic E-state index is 12.1. The van der Waals surface area contributed by atoms with Crippen LogP contribution in [0, 0.1) is 0 Å². The number of hydrogen-bond donors (Lipinski definition) is 2. The fourth-order valence-corrected chi connectivity index (χ4v) is 3.09. The van der Waals surface area contributed by atoms with Crippen molar-refractivity contribution in [1.82, 2.24) is 5.32 Å². The van der Waals surface area contributed by atoms with Crippen LogP contribution in [0.1, 0.15) is 29.0 Å². The lowest BCUT2D eigenvalue weighted by Gasteiger charge is -2.13. The summed E-state index contributed by atoms with van der Waals surface area (Å²) in [5, 5.41) is 2.98. The van der Waals surface area contributed by atoms with E-state index in [1.54, 1.807) is 0 Å². The van der Waals surface area contributed by atoms with Crippen molar-refractivity contribution in [3.63, 3.8) is 0 Å². The Kier molecular flexibility index (Phi) is 5.17. The van der Waals surface area contributed by atoms with Crippen molar-refractivity contribution in [2.45, 2.75) is 25.9 Å². The van der Waals surface area contributed by atoms with Gasteiger partial charge in [-0.3, -0.25) is 4.79 Å². The van der Waals surface area contributed by atoms with Crippen LogP contribution in [0.4, 0.5) is 0 Å². The van der Waals surface area contributed by atoms with Crippen molar-refractivity contribution < 1.29 is 4.79 Å². The maximum Gasteiger partial charge on any atom is 0.224 e. The molecule has 5 heteroatoms. The van der Waals surface area contributed by atoms with E-state index in [1.165, 1.54) is 11.3 Å². The molecule has 3 nitrogen and oxygen atoms in total. The number of nitrogens with one attached hydrogen (secondary N) is 1. The van der Waals surface area contributed by atoms with E-state index in [-0.39, 0.29) is 11.9 Å². The molecule has 0 aliphatic carbocycles. The Balaban J connectivity index is 1.98.